The molecule has 4 aromatic rings. The lowest BCUT2D eigenvalue weighted by Gasteiger charge is -2.09. The van der Waals surface area contributed by atoms with Gasteiger partial charge in [-0.15, -0.1) is 10.2 Å². The van der Waals surface area contributed by atoms with Crippen molar-refractivity contribution < 1.29 is 0 Å². The summed E-state index contributed by atoms with van der Waals surface area (Å²) in [7, 11) is 0. The van der Waals surface area contributed by atoms with Gasteiger partial charge >= 0.3 is 0 Å². The van der Waals surface area contributed by atoms with E-state index in [2.05, 4.69) is 31.1 Å². The van der Waals surface area contributed by atoms with Crippen LogP contribution >= 0.6 is 0 Å². The highest BCUT2D eigenvalue weighted by molar-refractivity contribution is 5.68. The first-order valence-electron chi connectivity index (χ1n) is 11.3. The van der Waals surface area contributed by atoms with E-state index < -0.39 is 0 Å². The number of nitrogen functional groups attached to an aromatic ring is 4. The fourth-order valence-electron chi connectivity index (χ4n) is 3.26. The first-order valence-corrected chi connectivity index (χ1v) is 11.3. The normalized spacial score (nSPS) is 11.2. The van der Waals surface area contributed by atoms with E-state index in [1.807, 2.05) is 48.5 Å². The van der Waals surface area contributed by atoms with Gasteiger partial charge in [0.2, 0.25) is 0 Å². The highest BCUT2D eigenvalue weighted by Crippen LogP contribution is 2.28. The number of hydrogen-bond acceptors (Lipinski definition) is 10. The maximum atomic E-state index is 5.91. The molecule has 0 aromatic heterocycles. The first kappa shape index (κ1) is 24.0. The van der Waals surface area contributed by atoms with Gasteiger partial charge in [-0.3, -0.25) is 0 Å². The number of nitrogens with zero attached hydrogens (tertiary/aromatic N) is 4. The van der Waals surface area contributed by atoms with Gasteiger partial charge in [-0.05, 0) is 84.9 Å². The summed E-state index contributed by atoms with van der Waals surface area (Å²) in [5.41, 5.74) is 30.0. The van der Waals surface area contributed by atoms with Crippen LogP contribution in [0.15, 0.2) is 105 Å². The zero-order valence-electron chi connectivity index (χ0n) is 19.6. The number of anilines is 6. The highest BCUT2D eigenvalue weighted by Gasteiger charge is 2.00. The molecule has 182 valence electrons. The zero-order valence-corrected chi connectivity index (χ0v) is 19.6. The molecule has 4 rings (SSSR count). The van der Waals surface area contributed by atoms with E-state index in [4.69, 9.17) is 22.9 Å². The monoisotopic (exact) mass is 480 g/mol. The fraction of sp³-hybridized carbons (Fsp3) is 0.0769. The molecular formula is C26H28N10. The minimum Gasteiger partial charge on any atom is -0.399 e. The van der Waals surface area contributed by atoms with Gasteiger partial charge in [-0.25, -0.2) is 0 Å². The Morgan fingerprint density at radius 2 is 0.861 bits per heavy atom. The summed E-state index contributed by atoms with van der Waals surface area (Å²) in [6.45, 7) is 1.47. The minimum atomic E-state index is 0.493. The quantitative estimate of drug-likeness (QED) is 0.0920. The molecule has 36 heavy (non-hydrogen) atoms. The topological polar surface area (TPSA) is 178 Å². The third kappa shape index (κ3) is 6.70. The summed E-state index contributed by atoms with van der Waals surface area (Å²) in [4.78, 5) is 0. The molecule has 0 unspecified atom stereocenters. The van der Waals surface area contributed by atoms with Crippen molar-refractivity contribution in [3.05, 3.63) is 84.9 Å². The molecule has 10 N–H and O–H groups in total. The van der Waals surface area contributed by atoms with Crippen molar-refractivity contribution in [2.24, 2.45) is 20.5 Å². The van der Waals surface area contributed by atoms with E-state index in [0.717, 1.165) is 35.8 Å². The van der Waals surface area contributed by atoms with Gasteiger partial charge in [0.15, 0.2) is 0 Å². The Labute approximate surface area is 209 Å². The molecule has 0 bridgehead atoms. The van der Waals surface area contributed by atoms with Gasteiger partial charge < -0.3 is 33.6 Å². The Balaban J connectivity index is 1.22. The van der Waals surface area contributed by atoms with E-state index >= 15 is 0 Å². The SMILES string of the molecule is Nc1ccc(N=Nc2ccc(NCCNc3ccc(N=Nc4ccc(N)cc4N)cc3)cc2)c(N)c1. The van der Waals surface area contributed by atoms with Crippen molar-refractivity contribution in [2.75, 3.05) is 46.7 Å². The van der Waals surface area contributed by atoms with Crippen molar-refractivity contribution in [2.45, 2.75) is 0 Å². The van der Waals surface area contributed by atoms with Gasteiger partial charge in [-0.1, -0.05) is 0 Å². The predicted molar refractivity (Wildman–Crippen MR) is 149 cm³/mol. The smallest absolute Gasteiger partial charge is 0.109 e. The first-order chi connectivity index (χ1) is 17.5. The molecule has 0 aliphatic rings. The third-order valence-corrected chi connectivity index (χ3v) is 5.17. The van der Waals surface area contributed by atoms with Gasteiger partial charge in [-0.2, -0.15) is 10.2 Å². The molecule has 0 spiro atoms. The van der Waals surface area contributed by atoms with E-state index in [9.17, 15) is 0 Å². The number of rotatable bonds is 9. The van der Waals surface area contributed by atoms with Crippen LogP contribution in [-0.4, -0.2) is 13.1 Å². The number of azo groups is 2. The highest BCUT2D eigenvalue weighted by atomic mass is 15.1. The Morgan fingerprint density at radius 3 is 1.22 bits per heavy atom. The Morgan fingerprint density at radius 1 is 0.472 bits per heavy atom. The number of nitrogens with one attached hydrogen (secondary N) is 2. The van der Waals surface area contributed by atoms with Crippen molar-refractivity contribution in [1.82, 2.24) is 0 Å². The molecule has 0 aliphatic carbocycles. The molecule has 10 heteroatoms. The second-order valence-corrected chi connectivity index (χ2v) is 7.98. The predicted octanol–water partition coefficient (Wildman–Crippen LogP) is 6.37. The number of nitrogens with two attached hydrogens (primary N) is 4. The molecular weight excluding hydrogens is 452 g/mol. The summed E-state index contributed by atoms with van der Waals surface area (Å²) in [6, 6.07) is 25.6. The van der Waals surface area contributed by atoms with Crippen molar-refractivity contribution >= 4 is 56.9 Å². The summed E-state index contributed by atoms with van der Waals surface area (Å²) < 4.78 is 0. The van der Waals surface area contributed by atoms with Crippen LogP contribution in [0.5, 0.6) is 0 Å². The minimum absolute atomic E-state index is 0.493. The third-order valence-electron chi connectivity index (χ3n) is 5.17. The van der Waals surface area contributed by atoms with E-state index in [-0.39, 0.29) is 0 Å². The average molecular weight is 481 g/mol. The largest absolute Gasteiger partial charge is 0.399 e. The average Bonchev–Trinajstić information content (AvgIpc) is 2.87. The van der Waals surface area contributed by atoms with Gasteiger partial charge in [0.05, 0.1) is 22.7 Å². The van der Waals surface area contributed by atoms with Crippen LogP contribution < -0.4 is 33.6 Å². The van der Waals surface area contributed by atoms with Crippen LogP contribution in [0.2, 0.25) is 0 Å². The van der Waals surface area contributed by atoms with E-state index in [0.29, 0.717) is 34.1 Å². The molecule has 0 aliphatic heterocycles. The van der Waals surface area contributed by atoms with Gasteiger partial charge in [0, 0.05) is 35.8 Å². The molecule has 0 fully saturated rings. The number of hydrogen-bond donors (Lipinski definition) is 6. The van der Waals surface area contributed by atoms with Gasteiger partial charge in [0.25, 0.3) is 0 Å². The van der Waals surface area contributed by atoms with E-state index in [1.165, 1.54) is 0 Å². The Kier molecular flexibility index (Phi) is 7.57. The molecule has 0 amide bonds. The lowest BCUT2D eigenvalue weighted by molar-refractivity contribution is 1.08. The van der Waals surface area contributed by atoms with Gasteiger partial charge in [0.1, 0.15) is 11.4 Å². The van der Waals surface area contributed by atoms with Crippen LogP contribution in [-0.2, 0) is 0 Å². The molecule has 4 aromatic carbocycles. The Hall–Kier alpha value is -5.12. The molecule has 0 atom stereocenters. The molecule has 10 nitrogen and oxygen atoms in total. The van der Waals surface area contributed by atoms with Crippen LogP contribution in [0.25, 0.3) is 0 Å². The number of benzene rings is 4. The second-order valence-electron chi connectivity index (χ2n) is 7.98. The summed E-state index contributed by atoms with van der Waals surface area (Å²) in [5, 5.41) is 23.6. The molecule has 0 saturated carbocycles. The Bertz CT molecular complexity index is 1260. The molecule has 0 radical (unpaired) electrons. The maximum absolute atomic E-state index is 5.91. The zero-order chi connectivity index (χ0) is 25.3. The van der Waals surface area contributed by atoms with Crippen molar-refractivity contribution in [3.8, 4) is 0 Å². The lowest BCUT2D eigenvalue weighted by Crippen LogP contribution is -2.13. The van der Waals surface area contributed by atoms with E-state index in [1.54, 1.807) is 36.4 Å². The van der Waals surface area contributed by atoms with Crippen molar-refractivity contribution in [3.63, 3.8) is 0 Å². The maximum Gasteiger partial charge on any atom is 0.109 e. The molecule has 0 heterocycles. The van der Waals surface area contributed by atoms with Crippen LogP contribution in [0.1, 0.15) is 0 Å². The van der Waals surface area contributed by atoms with Crippen LogP contribution in [0.3, 0.4) is 0 Å². The lowest BCUT2D eigenvalue weighted by atomic mass is 10.2. The summed E-state index contributed by atoms with van der Waals surface area (Å²) >= 11 is 0. The fourth-order valence-corrected chi connectivity index (χ4v) is 3.26. The van der Waals surface area contributed by atoms with Crippen LogP contribution in [0.4, 0.5) is 56.9 Å². The van der Waals surface area contributed by atoms with Crippen LogP contribution in [0, 0.1) is 0 Å². The summed E-state index contributed by atoms with van der Waals surface area (Å²) in [5.74, 6) is 0. The standard InChI is InChI=1S/C26H28N10/c27-17-1-11-25(23(29)15-17)35-33-21-7-3-19(4-8-21)31-13-14-32-20-5-9-22(10-6-20)34-36-26-12-2-18(28)16-24(26)30/h1-12,15-16,31-32H,13-14,27-30H2. The van der Waals surface area contributed by atoms with Crippen molar-refractivity contribution in [1.29, 1.82) is 0 Å². The second kappa shape index (κ2) is 11.3. The molecule has 0 saturated heterocycles. The summed E-state index contributed by atoms with van der Waals surface area (Å²) in [6.07, 6.45) is 0.